The maximum Gasteiger partial charge on any atom is 0.329 e. The second-order valence-corrected chi connectivity index (χ2v) is 8.94. The fourth-order valence-corrected chi connectivity index (χ4v) is 4.78. The third kappa shape index (κ3) is 4.20. The average molecular weight is 465 g/mol. The number of aryl methyl sites for hydroxylation is 1. The summed E-state index contributed by atoms with van der Waals surface area (Å²) < 4.78 is 9.17. The Kier molecular flexibility index (Phi) is 5.81. The quantitative estimate of drug-likeness (QED) is 0.448. The van der Waals surface area contributed by atoms with Crippen molar-refractivity contribution in [1.82, 2.24) is 19.0 Å². The normalized spacial score (nSPS) is 16.4. The van der Waals surface area contributed by atoms with E-state index >= 15 is 0 Å². The lowest BCUT2D eigenvalue weighted by Crippen LogP contribution is -2.42. The number of piperidine rings is 1. The van der Waals surface area contributed by atoms with Gasteiger partial charge in [-0.25, -0.2) is 9.78 Å². The van der Waals surface area contributed by atoms with Gasteiger partial charge in [0.15, 0.2) is 5.89 Å². The van der Waals surface area contributed by atoms with Crippen LogP contribution in [0.5, 0.6) is 0 Å². The number of halogens is 1. The van der Waals surface area contributed by atoms with Crippen molar-refractivity contribution in [3.63, 3.8) is 0 Å². The van der Waals surface area contributed by atoms with Crippen molar-refractivity contribution < 1.29 is 9.21 Å². The summed E-state index contributed by atoms with van der Waals surface area (Å²) in [4.78, 5) is 32.1. The van der Waals surface area contributed by atoms with Crippen LogP contribution in [0.1, 0.15) is 36.0 Å². The third-order valence-electron chi connectivity index (χ3n) is 6.36. The summed E-state index contributed by atoms with van der Waals surface area (Å²) in [6.07, 6.45) is 4.09. The zero-order valence-corrected chi connectivity index (χ0v) is 19.2. The van der Waals surface area contributed by atoms with Gasteiger partial charge in [-0.2, -0.15) is 0 Å². The predicted molar refractivity (Wildman–Crippen MR) is 126 cm³/mol. The Morgan fingerprint density at radius 3 is 2.73 bits per heavy atom. The molecule has 3 heterocycles. The van der Waals surface area contributed by atoms with Crippen LogP contribution < -0.4 is 5.69 Å². The monoisotopic (exact) mass is 464 g/mol. The molecule has 8 heteroatoms. The molecule has 2 aromatic carbocycles. The minimum Gasteiger partial charge on any atom is -0.445 e. The van der Waals surface area contributed by atoms with E-state index < -0.39 is 0 Å². The molecule has 1 fully saturated rings. The molecule has 0 radical (unpaired) electrons. The molecule has 5 rings (SSSR count). The van der Waals surface area contributed by atoms with Crippen molar-refractivity contribution in [2.45, 2.75) is 31.7 Å². The fourth-order valence-electron chi connectivity index (χ4n) is 4.58. The van der Waals surface area contributed by atoms with Crippen molar-refractivity contribution in [3.05, 3.63) is 87.4 Å². The number of rotatable bonds is 5. The predicted octanol–water partition coefficient (Wildman–Crippen LogP) is 3.98. The number of para-hydroxylation sites is 2. The van der Waals surface area contributed by atoms with Gasteiger partial charge in [0.25, 0.3) is 0 Å². The molecule has 4 aromatic rings. The number of carbonyl (C=O) groups excluding carboxylic acids is 1. The highest BCUT2D eigenvalue weighted by atomic mass is 35.5. The largest absolute Gasteiger partial charge is 0.445 e. The Balaban J connectivity index is 1.29. The minimum absolute atomic E-state index is 0.0241. The van der Waals surface area contributed by atoms with Crippen molar-refractivity contribution in [1.29, 1.82) is 0 Å². The SMILES string of the molecule is Cn1c(=O)n(CC(=O)N2CCC[C@H](c3ncc(Cc4ccccc4Cl)o3)C2)c2ccccc21. The number of imidazole rings is 1. The minimum atomic E-state index is -0.185. The van der Waals surface area contributed by atoms with E-state index in [1.807, 2.05) is 53.4 Å². The zero-order valence-electron chi connectivity index (χ0n) is 18.4. The summed E-state index contributed by atoms with van der Waals surface area (Å²) in [5.41, 5.74) is 2.39. The standard InChI is InChI=1S/C25H25ClN4O3/c1-28-21-10-4-5-11-22(21)30(25(28)32)16-23(31)29-12-6-8-18(15-29)24-27-14-19(33-24)13-17-7-2-3-9-20(17)26/h2-5,7,9-11,14,18H,6,8,12-13,15-16H2,1H3/t18-/m0/s1. The van der Waals surface area contributed by atoms with Crippen LogP contribution in [0.2, 0.25) is 5.02 Å². The highest BCUT2D eigenvalue weighted by Crippen LogP contribution is 2.28. The molecule has 0 bridgehead atoms. The van der Waals surface area contributed by atoms with Gasteiger partial charge < -0.3 is 9.32 Å². The molecule has 0 N–H and O–H groups in total. The molecule has 0 saturated carbocycles. The van der Waals surface area contributed by atoms with E-state index in [4.69, 9.17) is 16.0 Å². The Bertz CT molecular complexity index is 1370. The molecular formula is C25H25ClN4O3. The maximum absolute atomic E-state index is 13.1. The van der Waals surface area contributed by atoms with E-state index in [1.54, 1.807) is 22.4 Å². The highest BCUT2D eigenvalue weighted by molar-refractivity contribution is 6.31. The van der Waals surface area contributed by atoms with Crippen molar-refractivity contribution in [2.75, 3.05) is 13.1 Å². The van der Waals surface area contributed by atoms with Crippen LogP contribution in [0.4, 0.5) is 0 Å². The van der Waals surface area contributed by atoms with Crippen LogP contribution in [-0.4, -0.2) is 38.0 Å². The van der Waals surface area contributed by atoms with E-state index in [-0.39, 0.29) is 24.1 Å². The van der Waals surface area contributed by atoms with Crippen LogP contribution in [0, 0.1) is 0 Å². The molecule has 170 valence electrons. The van der Waals surface area contributed by atoms with Crippen LogP contribution in [-0.2, 0) is 24.8 Å². The second kappa shape index (κ2) is 8.90. The Labute approximate surface area is 196 Å². The molecule has 1 amide bonds. The lowest BCUT2D eigenvalue weighted by Gasteiger charge is -2.31. The number of nitrogens with zero attached hydrogens (tertiary/aromatic N) is 4. The molecule has 0 spiro atoms. The summed E-state index contributed by atoms with van der Waals surface area (Å²) in [5.74, 6) is 1.37. The molecule has 0 aliphatic carbocycles. The number of likely N-dealkylation sites (tertiary alicyclic amines) is 1. The van der Waals surface area contributed by atoms with Crippen molar-refractivity contribution >= 4 is 28.5 Å². The van der Waals surface area contributed by atoms with Gasteiger partial charge in [-0.05, 0) is 36.6 Å². The van der Waals surface area contributed by atoms with E-state index in [9.17, 15) is 9.59 Å². The molecule has 7 nitrogen and oxygen atoms in total. The Hall–Kier alpha value is -3.32. The van der Waals surface area contributed by atoms with Crippen molar-refractivity contribution in [2.24, 2.45) is 7.05 Å². The number of carbonyl (C=O) groups is 1. The van der Waals surface area contributed by atoms with E-state index in [2.05, 4.69) is 4.98 Å². The first kappa shape index (κ1) is 21.5. The molecule has 33 heavy (non-hydrogen) atoms. The van der Waals surface area contributed by atoms with Gasteiger partial charge in [0, 0.05) is 31.6 Å². The second-order valence-electron chi connectivity index (χ2n) is 8.53. The molecule has 1 aliphatic rings. The Morgan fingerprint density at radius 2 is 1.91 bits per heavy atom. The zero-order chi connectivity index (χ0) is 22.9. The van der Waals surface area contributed by atoms with Crippen LogP contribution in [0.25, 0.3) is 11.0 Å². The summed E-state index contributed by atoms with van der Waals surface area (Å²) in [6, 6.07) is 15.2. The first-order valence-corrected chi connectivity index (χ1v) is 11.5. The lowest BCUT2D eigenvalue weighted by molar-refractivity contribution is -0.133. The molecule has 1 saturated heterocycles. The van der Waals surface area contributed by atoms with Gasteiger partial charge in [-0.1, -0.05) is 41.9 Å². The summed E-state index contributed by atoms with van der Waals surface area (Å²) in [7, 11) is 1.73. The molecular weight excluding hydrogens is 440 g/mol. The molecule has 0 unspecified atom stereocenters. The summed E-state index contributed by atoms with van der Waals surface area (Å²) >= 11 is 6.27. The van der Waals surface area contributed by atoms with Gasteiger partial charge >= 0.3 is 5.69 Å². The van der Waals surface area contributed by atoms with Crippen LogP contribution in [0.15, 0.2) is 63.9 Å². The first-order valence-electron chi connectivity index (χ1n) is 11.1. The van der Waals surface area contributed by atoms with E-state index in [1.165, 1.54) is 0 Å². The smallest absolute Gasteiger partial charge is 0.329 e. The highest BCUT2D eigenvalue weighted by Gasteiger charge is 2.28. The van der Waals surface area contributed by atoms with Gasteiger partial charge in [0.2, 0.25) is 5.91 Å². The Morgan fingerprint density at radius 1 is 1.15 bits per heavy atom. The summed E-state index contributed by atoms with van der Waals surface area (Å²) in [6.45, 7) is 1.22. The van der Waals surface area contributed by atoms with Gasteiger partial charge in [0.1, 0.15) is 12.3 Å². The van der Waals surface area contributed by atoms with Gasteiger partial charge in [-0.15, -0.1) is 0 Å². The number of fused-ring (bicyclic) bond motifs is 1. The van der Waals surface area contributed by atoms with E-state index in [0.29, 0.717) is 30.4 Å². The molecule has 2 aromatic heterocycles. The third-order valence-corrected chi connectivity index (χ3v) is 6.73. The topological polar surface area (TPSA) is 73.3 Å². The maximum atomic E-state index is 13.1. The fraction of sp³-hybridized carbons (Fsp3) is 0.320. The number of aromatic nitrogens is 3. The average Bonchev–Trinajstić information content (AvgIpc) is 3.40. The molecule has 1 aliphatic heterocycles. The van der Waals surface area contributed by atoms with Crippen LogP contribution >= 0.6 is 11.6 Å². The van der Waals surface area contributed by atoms with Gasteiger partial charge in [0.05, 0.1) is 23.1 Å². The number of benzene rings is 2. The van der Waals surface area contributed by atoms with E-state index in [0.717, 1.165) is 35.2 Å². The number of hydrogen-bond donors (Lipinski definition) is 0. The van der Waals surface area contributed by atoms with Crippen LogP contribution in [0.3, 0.4) is 0 Å². The number of hydrogen-bond acceptors (Lipinski definition) is 4. The first-order chi connectivity index (χ1) is 16.0. The lowest BCUT2D eigenvalue weighted by atomic mass is 9.98. The number of oxazole rings is 1. The number of amides is 1. The van der Waals surface area contributed by atoms with Gasteiger partial charge in [-0.3, -0.25) is 13.9 Å². The molecule has 1 atom stereocenters. The summed E-state index contributed by atoms with van der Waals surface area (Å²) in [5, 5.41) is 0.702. The van der Waals surface area contributed by atoms with Crippen molar-refractivity contribution in [3.8, 4) is 0 Å².